The van der Waals surface area contributed by atoms with Crippen molar-refractivity contribution < 1.29 is 0 Å². The third-order valence-electron chi connectivity index (χ3n) is 3.16. The summed E-state index contributed by atoms with van der Waals surface area (Å²) in [6, 6.07) is 8.65. The van der Waals surface area contributed by atoms with Gasteiger partial charge in [0.15, 0.2) is 0 Å². The van der Waals surface area contributed by atoms with Crippen molar-refractivity contribution in [1.29, 1.82) is 0 Å². The summed E-state index contributed by atoms with van der Waals surface area (Å²) in [5.41, 5.74) is 12.3. The molecule has 0 spiro atoms. The number of hydrogen-bond donors (Lipinski definition) is 1. The van der Waals surface area contributed by atoms with Crippen molar-refractivity contribution in [3.63, 3.8) is 0 Å². The normalized spacial score (nSPS) is 12.7. The standard InChI is InChI=1S/C15H21N3/c1-10-5-11(2)7-13(6-10)9-14(16)15-8-12(3)17-18(15)4/h5-8,14H,9,16H2,1-4H3. The first kappa shape index (κ1) is 12.8. The van der Waals surface area contributed by atoms with E-state index in [0.717, 1.165) is 17.8 Å². The van der Waals surface area contributed by atoms with E-state index in [0.29, 0.717) is 0 Å². The minimum Gasteiger partial charge on any atom is -0.322 e. The van der Waals surface area contributed by atoms with Crippen LogP contribution in [0, 0.1) is 20.8 Å². The van der Waals surface area contributed by atoms with Crippen molar-refractivity contribution in [2.45, 2.75) is 33.2 Å². The molecule has 0 fully saturated rings. The highest BCUT2D eigenvalue weighted by Gasteiger charge is 2.12. The predicted molar refractivity (Wildman–Crippen MR) is 74.5 cm³/mol. The highest BCUT2D eigenvalue weighted by Crippen LogP contribution is 2.18. The van der Waals surface area contributed by atoms with Gasteiger partial charge in [-0.15, -0.1) is 0 Å². The minimum absolute atomic E-state index is 0.00241. The summed E-state index contributed by atoms with van der Waals surface area (Å²) in [6.07, 6.45) is 0.849. The van der Waals surface area contributed by atoms with Crippen molar-refractivity contribution in [1.82, 2.24) is 9.78 Å². The van der Waals surface area contributed by atoms with Crippen LogP contribution in [0.15, 0.2) is 24.3 Å². The third kappa shape index (κ3) is 2.79. The molecular formula is C15H21N3. The molecule has 3 nitrogen and oxygen atoms in total. The van der Waals surface area contributed by atoms with Crippen LogP contribution in [0.4, 0.5) is 0 Å². The van der Waals surface area contributed by atoms with Crippen LogP contribution >= 0.6 is 0 Å². The summed E-state index contributed by atoms with van der Waals surface area (Å²) >= 11 is 0. The van der Waals surface area contributed by atoms with E-state index in [2.05, 4.69) is 43.2 Å². The van der Waals surface area contributed by atoms with Gasteiger partial charge in [-0.25, -0.2) is 0 Å². The molecule has 2 rings (SSSR count). The lowest BCUT2D eigenvalue weighted by Gasteiger charge is -2.13. The van der Waals surface area contributed by atoms with E-state index < -0.39 is 0 Å². The molecule has 0 saturated heterocycles. The zero-order valence-electron chi connectivity index (χ0n) is 11.6. The Kier molecular flexibility index (Phi) is 3.53. The predicted octanol–water partition coefficient (Wildman–Crippen LogP) is 2.59. The molecule has 2 aromatic rings. The van der Waals surface area contributed by atoms with Gasteiger partial charge >= 0.3 is 0 Å². The summed E-state index contributed by atoms with van der Waals surface area (Å²) < 4.78 is 1.88. The Bertz CT molecular complexity index is 535. The Hall–Kier alpha value is -1.61. The fourth-order valence-corrected chi connectivity index (χ4v) is 2.52. The smallest absolute Gasteiger partial charge is 0.0597 e. The fourth-order valence-electron chi connectivity index (χ4n) is 2.52. The molecule has 0 bridgehead atoms. The molecule has 96 valence electrons. The number of aryl methyl sites for hydroxylation is 4. The second kappa shape index (κ2) is 4.94. The van der Waals surface area contributed by atoms with E-state index in [9.17, 15) is 0 Å². The van der Waals surface area contributed by atoms with Gasteiger partial charge in [0, 0.05) is 7.05 Å². The zero-order chi connectivity index (χ0) is 13.3. The van der Waals surface area contributed by atoms with Crippen LogP contribution in [-0.2, 0) is 13.5 Å². The van der Waals surface area contributed by atoms with E-state index in [4.69, 9.17) is 5.73 Å². The second-order valence-corrected chi connectivity index (χ2v) is 5.14. The summed E-state index contributed by atoms with van der Waals surface area (Å²) in [6.45, 7) is 6.24. The molecule has 0 amide bonds. The van der Waals surface area contributed by atoms with E-state index in [1.54, 1.807) is 0 Å². The van der Waals surface area contributed by atoms with Crippen LogP contribution in [-0.4, -0.2) is 9.78 Å². The Balaban J connectivity index is 2.20. The molecule has 1 atom stereocenters. The van der Waals surface area contributed by atoms with E-state index in [1.165, 1.54) is 16.7 Å². The fraction of sp³-hybridized carbons (Fsp3) is 0.400. The number of nitrogens with two attached hydrogens (primary N) is 1. The lowest BCUT2D eigenvalue weighted by atomic mass is 10.00. The Labute approximate surface area is 109 Å². The van der Waals surface area contributed by atoms with Gasteiger partial charge < -0.3 is 5.73 Å². The number of aromatic nitrogens is 2. The monoisotopic (exact) mass is 243 g/mol. The Morgan fingerprint density at radius 2 is 1.72 bits per heavy atom. The quantitative estimate of drug-likeness (QED) is 0.900. The van der Waals surface area contributed by atoms with Crippen molar-refractivity contribution in [2.24, 2.45) is 12.8 Å². The van der Waals surface area contributed by atoms with Crippen molar-refractivity contribution in [2.75, 3.05) is 0 Å². The van der Waals surface area contributed by atoms with Crippen LogP contribution in [0.3, 0.4) is 0 Å². The van der Waals surface area contributed by atoms with Gasteiger partial charge in [-0.2, -0.15) is 5.10 Å². The molecule has 0 aliphatic rings. The van der Waals surface area contributed by atoms with Gasteiger partial charge in [0.1, 0.15) is 0 Å². The van der Waals surface area contributed by atoms with E-state index >= 15 is 0 Å². The maximum atomic E-state index is 6.28. The first-order valence-corrected chi connectivity index (χ1v) is 6.29. The number of benzene rings is 1. The van der Waals surface area contributed by atoms with Crippen molar-refractivity contribution >= 4 is 0 Å². The largest absolute Gasteiger partial charge is 0.322 e. The van der Waals surface area contributed by atoms with E-state index in [1.807, 2.05) is 18.7 Å². The summed E-state index contributed by atoms with van der Waals surface area (Å²) in [5, 5.41) is 4.35. The Morgan fingerprint density at radius 1 is 1.11 bits per heavy atom. The molecule has 0 aliphatic heterocycles. The van der Waals surface area contributed by atoms with Crippen LogP contribution in [0.1, 0.15) is 34.1 Å². The van der Waals surface area contributed by atoms with E-state index in [-0.39, 0.29) is 6.04 Å². The lowest BCUT2D eigenvalue weighted by Crippen LogP contribution is -2.17. The summed E-state index contributed by atoms with van der Waals surface area (Å²) in [5.74, 6) is 0. The SMILES string of the molecule is Cc1cc(C)cc(CC(N)c2cc(C)nn2C)c1. The molecule has 1 unspecified atom stereocenters. The molecule has 2 N–H and O–H groups in total. The van der Waals surface area contributed by atoms with Gasteiger partial charge in [0.2, 0.25) is 0 Å². The lowest BCUT2D eigenvalue weighted by molar-refractivity contribution is 0.615. The van der Waals surface area contributed by atoms with Crippen LogP contribution in [0.25, 0.3) is 0 Å². The number of nitrogens with zero attached hydrogens (tertiary/aromatic N) is 2. The van der Waals surface area contributed by atoms with Gasteiger partial charge in [-0.3, -0.25) is 4.68 Å². The maximum Gasteiger partial charge on any atom is 0.0597 e. The molecule has 1 aromatic heterocycles. The topological polar surface area (TPSA) is 43.8 Å². The molecule has 0 saturated carbocycles. The van der Waals surface area contributed by atoms with Crippen LogP contribution < -0.4 is 5.73 Å². The van der Waals surface area contributed by atoms with Crippen molar-refractivity contribution in [3.05, 3.63) is 52.3 Å². The third-order valence-corrected chi connectivity index (χ3v) is 3.16. The highest BCUT2D eigenvalue weighted by molar-refractivity contribution is 5.30. The molecule has 0 radical (unpaired) electrons. The first-order chi connectivity index (χ1) is 8.45. The van der Waals surface area contributed by atoms with Gasteiger partial charge in [0.25, 0.3) is 0 Å². The molecular weight excluding hydrogens is 222 g/mol. The van der Waals surface area contributed by atoms with Crippen LogP contribution in [0.2, 0.25) is 0 Å². The average molecular weight is 243 g/mol. The number of rotatable bonds is 3. The summed E-state index contributed by atoms with van der Waals surface area (Å²) in [7, 11) is 1.95. The van der Waals surface area contributed by atoms with Crippen molar-refractivity contribution in [3.8, 4) is 0 Å². The van der Waals surface area contributed by atoms with Gasteiger partial charge in [-0.05, 0) is 38.8 Å². The highest BCUT2D eigenvalue weighted by atomic mass is 15.3. The minimum atomic E-state index is -0.00241. The first-order valence-electron chi connectivity index (χ1n) is 6.29. The average Bonchev–Trinajstić information content (AvgIpc) is 2.56. The Morgan fingerprint density at radius 3 is 2.22 bits per heavy atom. The molecule has 3 heteroatoms. The molecule has 0 aliphatic carbocycles. The second-order valence-electron chi connectivity index (χ2n) is 5.14. The maximum absolute atomic E-state index is 6.28. The van der Waals surface area contributed by atoms with Gasteiger partial charge in [-0.1, -0.05) is 29.3 Å². The molecule has 1 heterocycles. The molecule has 18 heavy (non-hydrogen) atoms. The summed E-state index contributed by atoms with van der Waals surface area (Å²) in [4.78, 5) is 0. The number of hydrogen-bond acceptors (Lipinski definition) is 2. The zero-order valence-corrected chi connectivity index (χ0v) is 11.6. The van der Waals surface area contributed by atoms with Gasteiger partial charge in [0.05, 0.1) is 17.4 Å². The van der Waals surface area contributed by atoms with Crippen LogP contribution in [0.5, 0.6) is 0 Å². The molecule has 1 aromatic carbocycles.